The molecule has 0 aromatic carbocycles. The quantitative estimate of drug-likeness (QED) is 0.633. The van der Waals surface area contributed by atoms with Crippen LogP contribution in [0.3, 0.4) is 0 Å². The highest BCUT2D eigenvalue weighted by molar-refractivity contribution is 4.69. The molecule has 0 radical (unpaired) electrons. The molecule has 0 aromatic rings. The van der Waals surface area contributed by atoms with Crippen molar-refractivity contribution in [3.05, 3.63) is 0 Å². The first-order chi connectivity index (χ1) is 5.00. The first-order valence-electron chi connectivity index (χ1n) is 4.46. The molecule has 0 heterocycles. The maximum absolute atomic E-state index is 9.58. The van der Waals surface area contributed by atoms with E-state index in [0.717, 1.165) is 6.42 Å². The van der Waals surface area contributed by atoms with E-state index in [2.05, 4.69) is 32.6 Å². The largest absolute Gasteiger partial charge is 0.378 e. The standard InChI is InChI=1S/C9H21NO/c1-6-9(11)10(7(2)3)8(4)5/h7-9,11H,6H2,1-5H3. The van der Waals surface area contributed by atoms with E-state index in [4.69, 9.17) is 0 Å². The number of aliphatic hydroxyl groups is 1. The SMILES string of the molecule is CCC(O)N(C(C)C)C(C)C. The number of nitrogens with zero attached hydrogens (tertiary/aromatic N) is 1. The zero-order chi connectivity index (χ0) is 9.02. The highest BCUT2D eigenvalue weighted by Crippen LogP contribution is 2.10. The van der Waals surface area contributed by atoms with Gasteiger partial charge < -0.3 is 5.11 Å². The van der Waals surface area contributed by atoms with Gasteiger partial charge in [0, 0.05) is 12.1 Å². The molecular weight excluding hydrogens is 138 g/mol. The van der Waals surface area contributed by atoms with Crippen LogP contribution in [-0.2, 0) is 0 Å². The van der Waals surface area contributed by atoms with Crippen molar-refractivity contribution in [2.75, 3.05) is 0 Å². The molecule has 0 aliphatic heterocycles. The van der Waals surface area contributed by atoms with Crippen molar-refractivity contribution < 1.29 is 5.11 Å². The Hall–Kier alpha value is -0.0800. The maximum atomic E-state index is 9.58. The van der Waals surface area contributed by atoms with Gasteiger partial charge in [-0.3, -0.25) is 4.90 Å². The molecule has 1 unspecified atom stereocenters. The lowest BCUT2D eigenvalue weighted by molar-refractivity contribution is -0.0386. The molecule has 1 atom stereocenters. The summed E-state index contributed by atoms with van der Waals surface area (Å²) in [5.41, 5.74) is 0. The van der Waals surface area contributed by atoms with Crippen LogP contribution in [0.1, 0.15) is 41.0 Å². The van der Waals surface area contributed by atoms with Gasteiger partial charge in [-0.15, -0.1) is 0 Å². The van der Waals surface area contributed by atoms with Gasteiger partial charge >= 0.3 is 0 Å². The van der Waals surface area contributed by atoms with Crippen LogP contribution in [0.5, 0.6) is 0 Å². The minimum atomic E-state index is -0.282. The number of hydrogen-bond donors (Lipinski definition) is 1. The monoisotopic (exact) mass is 159 g/mol. The van der Waals surface area contributed by atoms with E-state index in [9.17, 15) is 5.11 Å². The molecule has 1 N–H and O–H groups in total. The van der Waals surface area contributed by atoms with Crippen molar-refractivity contribution in [1.82, 2.24) is 4.90 Å². The van der Waals surface area contributed by atoms with E-state index in [1.54, 1.807) is 0 Å². The van der Waals surface area contributed by atoms with Crippen LogP contribution in [0.2, 0.25) is 0 Å². The van der Waals surface area contributed by atoms with E-state index >= 15 is 0 Å². The van der Waals surface area contributed by atoms with Gasteiger partial charge in [-0.1, -0.05) is 6.92 Å². The molecule has 0 aromatic heterocycles. The zero-order valence-electron chi connectivity index (χ0n) is 8.33. The van der Waals surface area contributed by atoms with E-state index in [1.165, 1.54) is 0 Å². The van der Waals surface area contributed by atoms with Crippen LogP contribution in [0.4, 0.5) is 0 Å². The van der Waals surface area contributed by atoms with Gasteiger partial charge in [0.25, 0.3) is 0 Å². The van der Waals surface area contributed by atoms with Crippen molar-refractivity contribution in [3.8, 4) is 0 Å². The van der Waals surface area contributed by atoms with Gasteiger partial charge in [-0.2, -0.15) is 0 Å². The minimum absolute atomic E-state index is 0.282. The molecule has 0 spiro atoms. The Balaban J connectivity index is 4.09. The molecule has 0 rings (SSSR count). The number of rotatable bonds is 4. The van der Waals surface area contributed by atoms with E-state index in [1.807, 2.05) is 6.92 Å². The topological polar surface area (TPSA) is 23.5 Å². The summed E-state index contributed by atoms with van der Waals surface area (Å²) in [5.74, 6) is 0. The lowest BCUT2D eigenvalue weighted by Gasteiger charge is -2.34. The van der Waals surface area contributed by atoms with Crippen LogP contribution in [-0.4, -0.2) is 28.3 Å². The summed E-state index contributed by atoms with van der Waals surface area (Å²) in [5, 5.41) is 9.58. The van der Waals surface area contributed by atoms with Crippen molar-refractivity contribution in [3.63, 3.8) is 0 Å². The normalized spacial score (nSPS) is 15.0. The minimum Gasteiger partial charge on any atom is -0.378 e. The molecule has 0 aliphatic rings. The summed E-state index contributed by atoms with van der Waals surface area (Å²) in [4.78, 5) is 2.11. The number of hydrogen-bond acceptors (Lipinski definition) is 2. The molecule has 0 fully saturated rings. The third-order valence-corrected chi connectivity index (χ3v) is 1.90. The smallest absolute Gasteiger partial charge is 0.107 e. The van der Waals surface area contributed by atoms with Crippen molar-refractivity contribution in [2.24, 2.45) is 0 Å². The Bertz CT molecular complexity index is 93.7. The fourth-order valence-electron chi connectivity index (χ4n) is 1.50. The molecule has 68 valence electrons. The van der Waals surface area contributed by atoms with Crippen LogP contribution >= 0.6 is 0 Å². The van der Waals surface area contributed by atoms with Gasteiger partial charge in [-0.25, -0.2) is 0 Å². The fraction of sp³-hybridized carbons (Fsp3) is 1.00. The summed E-state index contributed by atoms with van der Waals surface area (Å²) >= 11 is 0. The predicted molar refractivity (Wildman–Crippen MR) is 48.4 cm³/mol. The summed E-state index contributed by atoms with van der Waals surface area (Å²) in [6, 6.07) is 0.842. The Labute approximate surface area is 70.2 Å². The second-order valence-electron chi connectivity index (χ2n) is 3.52. The van der Waals surface area contributed by atoms with Gasteiger partial charge in [0.2, 0.25) is 0 Å². The van der Waals surface area contributed by atoms with Gasteiger partial charge in [-0.05, 0) is 34.1 Å². The number of aliphatic hydroxyl groups excluding tert-OH is 1. The summed E-state index contributed by atoms with van der Waals surface area (Å²) in [7, 11) is 0. The Morgan fingerprint density at radius 3 is 1.55 bits per heavy atom. The van der Waals surface area contributed by atoms with E-state index in [0.29, 0.717) is 12.1 Å². The molecular formula is C9H21NO. The first kappa shape index (κ1) is 10.9. The Morgan fingerprint density at radius 1 is 1.09 bits per heavy atom. The molecule has 0 saturated heterocycles. The Morgan fingerprint density at radius 2 is 1.45 bits per heavy atom. The van der Waals surface area contributed by atoms with E-state index in [-0.39, 0.29) is 6.23 Å². The fourth-order valence-corrected chi connectivity index (χ4v) is 1.50. The van der Waals surface area contributed by atoms with Gasteiger partial charge in [0.1, 0.15) is 6.23 Å². The predicted octanol–water partition coefficient (Wildman–Crippen LogP) is 1.83. The van der Waals surface area contributed by atoms with Gasteiger partial charge in [0.15, 0.2) is 0 Å². The summed E-state index contributed by atoms with van der Waals surface area (Å²) in [6.45, 7) is 10.4. The second kappa shape index (κ2) is 4.73. The third-order valence-electron chi connectivity index (χ3n) is 1.90. The Kier molecular flexibility index (Phi) is 4.69. The second-order valence-corrected chi connectivity index (χ2v) is 3.52. The third kappa shape index (κ3) is 3.21. The van der Waals surface area contributed by atoms with Crippen molar-refractivity contribution in [1.29, 1.82) is 0 Å². The van der Waals surface area contributed by atoms with Gasteiger partial charge in [0.05, 0.1) is 0 Å². The lowest BCUT2D eigenvalue weighted by Crippen LogP contribution is -2.44. The molecule has 2 heteroatoms. The summed E-state index contributed by atoms with van der Waals surface area (Å²) < 4.78 is 0. The van der Waals surface area contributed by atoms with Crippen LogP contribution in [0.25, 0.3) is 0 Å². The maximum Gasteiger partial charge on any atom is 0.107 e. The van der Waals surface area contributed by atoms with Crippen molar-refractivity contribution in [2.45, 2.75) is 59.4 Å². The molecule has 0 bridgehead atoms. The van der Waals surface area contributed by atoms with Crippen LogP contribution in [0.15, 0.2) is 0 Å². The van der Waals surface area contributed by atoms with Crippen molar-refractivity contribution >= 4 is 0 Å². The molecule has 2 nitrogen and oxygen atoms in total. The highest BCUT2D eigenvalue weighted by Gasteiger charge is 2.19. The highest BCUT2D eigenvalue weighted by atomic mass is 16.3. The molecule has 0 amide bonds. The lowest BCUT2D eigenvalue weighted by atomic mass is 10.2. The molecule has 11 heavy (non-hydrogen) atoms. The molecule has 0 aliphatic carbocycles. The average Bonchev–Trinajstić information content (AvgIpc) is 1.85. The van der Waals surface area contributed by atoms with Crippen LogP contribution < -0.4 is 0 Å². The zero-order valence-corrected chi connectivity index (χ0v) is 8.33. The van der Waals surface area contributed by atoms with Crippen LogP contribution in [0, 0.1) is 0 Å². The van der Waals surface area contributed by atoms with E-state index < -0.39 is 0 Å². The summed E-state index contributed by atoms with van der Waals surface area (Å²) in [6.07, 6.45) is 0.520. The average molecular weight is 159 g/mol. The molecule has 0 saturated carbocycles. The first-order valence-corrected chi connectivity index (χ1v) is 4.46.